The summed E-state index contributed by atoms with van der Waals surface area (Å²) in [5.41, 5.74) is 0. The average Bonchev–Trinajstić information content (AvgIpc) is 2.71. The molecule has 2 N–H and O–H groups in total. The third kappa shape index (κ3) is 2.48. The van der Waals surface area contributed by atoms with Crippen LogP contribution < -0.4 is 10.6 Å². The van der Waals surface area contributed by atoms with Gasteiger partial charge in [0.15, 0.2) is 0 Å². The van der Waals surface area contributed by atoms with Crippen LogP contribution in [0.2, 0.25) is 0 Å². The SMILES string of the molecule is CCC1CCCCC1NC1CCNC1. The topological polar surface area (TPSA) is 24.1 Å². The first-order valence-electron chi connectivity index (χ1n) is 6.37. The Hall–Kier alpha value is -0.0800. The monoisotopic (exact) mass is 196 g/mol. The molecule has 2 heteroatoms. The molecule has 2 fully saturated rings. The Morgan fingerprint density at radius 2 is 2.07 bits per heavy atom. The van der Waals surface area contributed by atoms with Crippen molar-refractivity contribution in [3.05, 3.63) is 0 Å². The summed E-state index contributed by atoms with van der Waals surface area (Å²) in [5, 5.41) is 7.29. The summed E-state index contributed by atoms with van der Waals surface area (Å²) in [7, 11) is 0. The molecule has 3 atom stereocenters. The zero-order valence-electron chi connectivity index (χ0n) is 9.39. The molecule has 1 aliphatic carbocycles. The Bertz CT molecular complexity index is 164. The molecule has 1 saturated carbocycles. The number of nitrogens with one attached hydrogen (secondary N) is 2. The van der Waals surface area contributed by atoms with E-state index in [0.29, 0.717) is 0 Å². The lowest BCUT2D eigenvalue weighted by molar-refractivity contribution is 0.240. The van der Waals surface area contributed by atoms with Gasteiger partial charge in [0.2, 0.25) is 0 Å². The Morgan fingerprint density at radius 1 is 1.21 bits per heavy atom. The predicted molar refractivity (Wildman–Crippen MR) is 60.4 cm³/mol. The van der Waals surface area contributed by atoms with E-state index in [9.17, 15) is 0 Å². The quantitative estimate of drug-likeness (QED) is 0.720. The molecule has 0 aromatic heterocycles. The lowest BCUT2D eigenvalue weighted by Gasteiger charge is -2.33. The number of hydrogen-bond acceptors (Lipinski definition) is 2. The molecule has 0 aromatic carbocycles. The highest BCUT2D eigenvalue weighted by Gasteiger charge is 2.26. The largest absolute Gasteiger partial charge is 0.315 e. The van der Waals surface area contributed by atoms with Gasteiger partial charge in [-0.2, -0.15) is 0 Å². The average molecular weight is 196 g/mol. The van der Waals surface area contributed by atoms with Gasteiger partial charge in [-0.1, -0.05) is 26.2 Å². The van der Waals surface area contributed by atoms with Gasteiger partial charge in [-0.25, -0.2) is 0 Å². The Balaban J connectivity index is 1.81. The van der Waals surface area contributed by atoms with Crippen molar-refractivity contribution >= 4 is 0 Å². The zero-order valence-corrected chi connectivity index (χ0v) is 9.39. The van der Waals surface area contributed by atoms with Gasteiger partial charge < -0.3 is 10.6 Å². The normalized spacial score (nSPS) is 38.8. The van der Waals surface area contributed by atoms with E-state index in [1.54, 1.807) is 0 Å². The third-order valence-electron chi connectivity index (χ3n) is 3.94. The van der Waals surface area contributed by atoms with Crippen LogP contribution in [0.25, 0.3) is 0 Å². The molecule has 0 spiro atoms. The summed E-state index contributed by atoms with van der Waals surface area (Å²) in [6.45, 7) is 4.74. The van der Waals surface area contributed by atoms with Gasteiger partial charge in [0, 0.05) is 18.6 Å². The molecular weight excluding hydrogens is 172 g/mol. The highest BCUT2D eigenvalue weighted by molar-refractivity contribution is 4.86. The molecule has 0 bridgehead atoms. The van der Waals surface area contributed by atoms with Crippen LogP contribution in [-0.4, -0.2) is 25.2 Å². The molecule has 1 aliphatic heterocycles. The predicted octanol–water partition coefficient (Wildman–Crippen LogP) is 1.91. The van der Waals surface area contributed by atoms with Crippen LogP contribution in [0, 0.1) is 5.92 Å². The second-order valence-electron chi connectivity index (χ2n) is 4.92. The smallest absolute Gasteiger partial charge is 0.0207 e. The van der Waals surface area contributed by atoms with Crippen LogP contribution >= 0.6 is 0 Å². The van der Waals surface area contributed by atoms with Crippen LogP contribution in [0.15, 0.2) is 0 Å². The van der Waals surface area contributed by atoms with Crippen molar-refractivity contribution in [2.45, 2.75) is 57.5 Å². The maximum absolute atomic E-state index is 3.86. The Labute approximate surface area is 87.8 Å². The lowest BCUT2D eigenvalue weighted by atomic mass is 9.82. The van der Waals surface area contributed by atoms with Crippen LogP contribution in [0.5, 0.6) is 0 Å². The minimum atomic E-state index is 0.757. The summed E-state index contributed by atoms with van der Waals surface area (Å²) < 4.78 is 0. The highest BCUT2D eigenvalue weighted by Crippen LogP contribution is 2.27. The molecule has 1 saturated heterocycles. The first-order chi connectivity index (χ1) is 6.90. The first-order valence-corrected chi connectivity index (χ1v) is 6.37. The van der Waals surface area contributed by atoms with Crippen molar-refractivity contribution in [1.29, 1.82) is 0 Å². The van der Waals surface area contributed by atoms with Gasteiger partial charge >= 0.3 is 0 Å². The van der Waals surface area contributed by atoms with Crippen molar-refractivity contribution in [1.82, 2.24) is 10.6 Å². The van der Waals surface area contributed by atoms with E-state index >= 15 is 0 Å². The number of hydrogen-bond donors (Lipinski definition) is 2. The van der Waals surface area contributed by atoms with Crippen LogP contribution in [-0.2, 0) is 0 Å². The zero-order chi connectivity index (χ0) is 9.80. The minimum absolute atomic E-state index is 0.757. The van der Waals surface area contributed by atoms with E-state index in [-0.39, 0.29) is 0 Å². The van der Waals surface area contributed by atoms with Crippen molar-refractivity contribution in [2.75, 3.05) is 13.1 Å². The fourth-order valence-electron chi connectivity index (χ4n) is 3.02. The summed E-state index contributed by atoms with van der Waals surface area (Å²) in [4.78, 5) is 0. The summed E-state index contributed by atoms with van der Waals surface area (Å²) >= 11 is 0. The standard InChI is InChI=1S/C12H24N2/c1-2-10-5-3-4-6-12(10)14-11-7-8-13-9-11/h10-14H,2-9H2,1H3. The fourth-order valence-corrected chi connectivity index (χ4v) is 3.02. The van der Waals surface area contributed by atoms with Gasteiger partial charge in [-0.15, -0.1) is 0 Å². The van der Waals surface area contributed by atoms with Gasteiger partial charge in [-0.3, -0.25) is 0 Å². The molecule has 1 heterocycles. The van der Waals surface area contributed by atoms with E-state index in [0.717, 1.165) is 18.0 Å². The Morgan fingerprint density at radius 3 is 2.79 bits per heavy atom. The molecule has 3 unspecified atom stereocenters. The van der Waals surface area contributed by atoms with Crippen molar-refractivity contribution < 1.29 is 0 Å². The summed E-state index contributed by atoms with van der Waals surface area (Å²) in [5.74, 6) is 0.948. The van der Waals surface area contributed by atoms with Gasteiger partial charge in [-0.05, 0) is 31.7 Å². The molecule has 0 radical (unpaired) electrons. The second kappa shape index (κ2) is 5.13. The summed E-state index contributed by atoms with van der Waals surface area (Å²) in [6, 6.07) is 1.57. The van der Waals surface area contributed by atoms with Crippen LogP contribution in [0.1, 0.15) is 45.4 Å². The highest BCUT2D eigenvalue weighted by atomic mass is 15.0. The first kappa shape index (κ1) is 10.4. The second-order valence-corrected chi connectivity index (χ2v) is 4.92. The van der Waals surface area contributed by atoms with Crippen molar-refractivity contribution in [3.63, 3.8) is 0 Å². The van der Waals surface area contributed by atoms with Crippen LogP contribution in [0.3, 0.4) is 0 Å². The molecule has 82 valence electrons. The van der Waals surface area contributed by atoms with E-state index in [4.69, 9.17) is 0 Å². The Kier molecular flexibility index (Phi) is 3.82. The molecular formula is C12H24N2. The van der Waals surface area contributed by atoms with Crippen molar-refractivity contribution in [3.8, 4) is 0 Å². The molecule has 2 nitrogen and oxygen atoms in total. The third-order valence-corrected chi connectivity index (χ3v) is 3.94. The fraction of sp³-hybridized carbons (Fsp3) is 1.00. The lowest BCUT2D eigenvalue weighted by Crippen LogP contribution is -2.45. The van der Waals surface area contributed by atoms with Crippen molar-refractivity contribution in [2.24, 2.45) is 5.92 Å². The van der Waals surface area contributed by atoms with E-state index in [1.807, 2.05) is 0 Å². The molecule has 14 heavy (non-hydrogen) atoms. The van der Waals surface area contributed by atoms with E-state index in [2.05, 4.69) is 17.6 Å². The van der Waals surface area contributed by atoms with Gasteiger partial charge in [0.1, 0.15) is 0 Å². The van der Waals surface area contributed by atoms with E-state index < -0.39 is 0 Å². The minimum Gasteiger partial charge on any atom is -0.315 e. The maximum Gasteiger partial charge on any atom is 0.0207 e. The van der Waals surface area contributed by atoms with Gasteiger partial charge in [0.25, 0.3) is 0 Å². The maximum atomic E-state index is 3.86. The summed E-state index contributed by atoms with van der Waals surface area (Å²) in [6.07, 6.45) is 8.45. The van der Waals surface area contributed by atoms with Crippen LogP contribution in [0.4, 0.5) is 0 Å². The van der Waals surface area contributed by atoms with Gasteiger partial charge in [0.05, 0.1) is 0 Å². The molecule has 2 aliphatic rings. The molecule has 0 aromatic rings. The van der Waals surface area contributed by atoms with E-state index in [1.165, 1.54) is 51.6 Å². The molecule has 2 rings (SSSR count). The molecule has 0 amide bonds. The number of rotatable bonds is 3.